The van der Waals surface area contributed by atoms with Gasteiger partial charge in [0.1, 0.15) is 22.3 Å². The van der Waals surface area contributed by atoms with Crippen molar-refractivity contribution in [2.75, 3.05) is 5.73 Å². The van der Waals surface area contributed by atoms with E-state index in [2.05, 4.69) is 21.5 Å². The molecule has 3 heterocycles. The van der Waals surface area contributed by atoms with E-state index in [1.807, 2.05) is 19.9 Å². The molecular weight excluding hydrogens is 350 g/mol. The van der Waals surface area contributed by atoms with Crippen molar-refractivity contribution >= 4 is 33.6 Å². The maximum Gasteiger partial charge on any atom is 0.260 e. The Kier molecular flexibility index (Phi) is 4.73. The molecule has 0 saturated carbocycles. The number of hydrogen-bond acceptors (Lipinski definition) is 7. The lowest BCUT2D eigenvalue weighted by molar-refractivity contribution is 0.186. The molecule has 0 aliphatic heterocycles. The Hall–Kier alpha value is -2.81. The van der Waals surface area contributed by atoms with Gasteiger partial charge in [0.15, 0.2) is 0 Å². The van der Waals surface area contributed by atoms with Gasteiger partial charge < -0.3 is 21.6 Å². The van der Waals surface area contributed by atoms with E-state index in [1.165, 1.54) is 17.5 Å². The molecule has 134 valence electrons. The average molecular weight is 369 g/mol. The number of nitrogens with one attached hydrogen (secondary N) is 1. The van der Waals surface area contributed by atoms with Crippen LogP contribution in [0.1, 0.15) is 30.5 Å². The highest BCUT2D eigenvalue weighted by Gasteiger charge is 2.18. The van der Waals surface area contributed by atoms with E-state index < -0.39 is 6.23 Å². The summed E-state index contributed by atoms with van der Waals surface area (Å²) in [6.07, 6.45) is 3.90. The Labute approximate surface area is 153 Å². The third-order valence-electron chi connectivity index (χ3n) is 3.98. The zero-order valence-electron chi connectivity index (χ0n) is 14.4. The molecule has 8 heteroatoms. The molecule has 0 spiro atoms. The summed E-state index contributed by atoms with van der Waals surface area (Å²) in [5.74, 6) is 0. The molecule has 0 bridgehead atoms. The number of aromatic nitrogens is 3. The minimum absolute atomic E-state index is 0.236. The van der Waals surface area contributed by atoms with Crippen LogP contribution in [0.3, 0.4) is 0 Å². The molecule has 3 aromatic rings. The van der Waals surface area contributed by atoms with E-state index >= 15 is 0 Å². The molecule has 0 aliphatic carbocycles. The highest BCUT2D eigenvalue weighted by Crippen LogP contribution is 2.34. The fraction of sp³-hybridized carbons (Fsp3) is 0.167. The maximum absolute atomic E-state index is 12.6. The van der Waals surface area contributed by atoms with Crippen LogP contribution < -0.4 is 17.0 Å². The second-order valence-electron chi connectivity index (χ2n) is 5.86. The molecule has 7 nitrogen and oxygen atoms in total. The molecule has 1 atom stereocenters. The third-order valence-corrected chi connectivity index (χ3v) is 5.03. The summed E-state index contributed by atoms with van der Waals surface area (Å²) in [6.45, 7) is 7.80. The van der Waals surface area contributed by atoms with Crippen LogP contribution in [0.25, 0.3) is 27.2 Å². The molecule has 0 fully saturated rings. The molecule has 0 aromatic carbocycles. The number of aliphatic hydroxyl groups excluding tert-OH is 1. The van der Waals surface area contributed by atoms with Gasteiger partial charge in [-0.1, -0.05) is 12.7 Å². The quantitative estimate of drug-likeness (QED) is 0.413. The SMILES string of the molecule is C=C(C)/C(=C\C)c1cnc(-c2c(N)c3ncc(C(N)O)cc3[nH]c2=O)s1. The lowest BCUT2D eigenvalue weighted by Crippen LogP contribution is -2.14. The van der Waals surface area contributed by atoms with Gasteiger partial charge in [-0.3, -0.25) is 9.78 Å². The number of hydrogen-bond donors (Lipinski definition) is 4. The van der Waals surface area contributed by atoms with E-state index in [0.29, 0.717) is 21.6 Å². The number of aromatic amines is 1. The van der Waals surface area contributed by atoms with Gasteiger partial charge in [0.05, 0.1) is 16.1 Å². The standard InChI is InChI=1S/C18H19N5O2S/c1-4-10(8(2)3)12-7-22-18(26-12)13-14(19)15-11(23-17(13)25)5-9(6-21-15)16(20)24/h4-7,16,24H,2,20H2,1,3H3,(H3,19,23,25)/b10-4+. The largest absolute Gasteiger partial charge is 0.396 e. The molecule has 26 heavy (non-hydrogen) atoms. The number of nitrogens with two attached hydrogens (primary N) is 2. The minimum atomic E-state index is -1.18. The molecular formula is C18H19N5O2S. The van der Waals surface area contributed by atoms with Crippen LogP contribution in [0.2, 0.25) is 0 Å². The number of anilines is 1. The van der Waals surface area contributed by atoms with Gasteiger partial charge in [-0.05, 0) is 31.1 Å². The van der Waals surface area contributed by atoms with Gasteiger partial charge in [0, 0.05) is 18.0 Å². The summed E-state index contributed by atoms with van der Waals surface area (Å²) < 4.78 is 0. The highest BCUT2D eigenvalue weighted by molar-refractivity contribution is 7.16. The first-order valence-corrected chi connectivity index (χ1v) is 8.69. The van der Waals surface area contributed by atoms with Crippen LogP contribution in [-0.2, 0) is 0 Å². The first-order chi connectivity index (χ1) is 12.3. The van der Waals surface area contributed by atoms with Crippen LogP contribution >= 0.6 is 11.3 Å². The predicted molar refractivity (Wildman–Crippen MR) is 105 cm³/mol. The Morgan fingerprint density at radius 1 is 1.42 bits per heavy atom. The number of nitrogens with zero attached hydrogens (tertiary/aromatic N) is 2. The van der Waals surface area contributed by atoms with E-state index in [-0.39, 0.29) is 16.8 Å². The Morgan fingerprint density at radius 3 is 2.77 bits per heavy atom. The number of nitrogen functional groups attached to an aromatic ring is 1. The van der Waals surface area contributed by atoms with Crippen LogP contribution in [-0.4, -0.2) is 20.1 Å². The second-order valence-corrected chi connectivity index (χ2v) is 6.90. The van der Waals surface area contributed by atoms with Gasteiger partial charge in [0.2, 0.25) is 0 Å². The number of rotatable bonds is 4. The van der Waals surface area contributed by atoms with Gasteiger partial charge >= 0.3 is 0 Å². The highest BCUT2D eigenvalue weighted by atomic mass is 32.1. The summed E-state index contributed by atoms with van der Waals surface area (Å²) in [6, 6.07) is 1.56. The minimum Gasteiger partial charge on any atom is -0.396 e. The van der Waals surface area contributed by atoms with Crippen molar-refractivity contribution in [3.05, 3.63) is 57.5 Å². The Bertz CT molecular complexity index is 1090. The predicted octanol–water partition coefficient (Wildman–Crippen LogP) is 2.56. The number of thiazole rings is 1. The Morgan fingerprint density at radius 2 is 2.15 bits per heavy atom. The lowest BCUT2D eigenvalue weighted by Gasteiger charge is -2.09. The summed E-state index contributed by atoms with van der Waals surface area (Å²) in [4.78, 5) is 24.8. The summed E-state index contributed by atoms with van der Waals surface area (Å²) in [7, 11) is 0. The normalized spacial score (nSPS) is 13.2. The fourth-order valence-corrected chi connectivity index (χ4v) is 3.83. The molecule has 1 unspecified atom stereocenters. The van der Waals surface area contributed by atoms with Crippen molar-refractivity contribution in [2.45, 2.75) is 20.1 Å². The molecule has 0 aliphatic rings. The topological polar surface area (TPSA) is 131 Å². The third kappa shape index (κ3) is 3.05. The molecule has 3 aromatic heterocycles. The van der Waals surface area contributed by atoms with E-state index in [1.54, 1.807) is 12.3 Å². The van der Waals surface area contributed by atoms with Crippen LogP contribution in [0, 0.1) is 0 Å². The monoisotopic (exact) mass is 369 g/mol. The van der Waals surface area contributed by atoms with Crippen molar-refractivity contribution in [3.63, 3.8) is 0 Å². The molecule has 0 radical (unpaired) electrons. The summed E-state index contributed by atoms with van der Waals surface area (Å²) >= 11 is 1.36. The van der Waals surface area contributed by atoms with Crippen molar-refractivity contribution in [1.82, 2.24) is 15.0 Å². The van der Waals surface area contributed by atoms with Crippen LogP contribution in [0.15, 0.2) is 41.5 Å². The summed E-state index contributed by atoms with van der Waals surface area (Å²) in [5.41, 5.74) is 14.9. The van der Waals surface area contributed by atoms with Gasteiger partial charge in [-0.2, -0.15) is 0 Å². The van der Waals surface area contributed by atoms with Crippen molar-refractivity contribution < 1.29 is 5.11 Å². The van der Waals surface area contributed by atoms with Crippen molar-refractivity contribution in [2.24, 2.45) is 5.73 Å². The fourth-order valence-electron chi connectivity index (χ4n) is 2.70. The van der Waals surface area contributed by atoms with E-state index in [4.69, 9.17) is 11.5 Å². The smallest absolute Gasteiger partial charge is 0.260 e. The van der Waals surface area contributed by atoms with E-state index in [0.717, 1.165) is 16.0 Å². The van der Waals surface area contributed by atoms with Crippen LogP contribution in [0.5, 0.6) is 0 Å². The first kappa shape index (κ1) is 18.0. The van der Waals surface area contributed by atoms with Gasteiger partial charge in [-0.15, -0.1) is 11.3 Å². The molecule has 0 saturated heterocycles. The first-order valence-electron chi connectivity index (χ1n) is 7.87. The zero-order chi connectivity index (χ0) is 19.0. The molecule has 6 N–H and O–H groups in total. The number of pyridine rings is 2. The maximum atomic E-state index is 12.6. The van der Waals surface area contributed by atoms with Crippen molar-refractivity contribution in [3.8, 4) is 10.6 Å². The molecule has 0 amide bonds. The van der Waals surface area contributed by atoms with Gasteiger partial charge in [0.25, 0.3) is 5.56 Å². The number of fused-ring (bicyclic) bond motifs is 1. The number of allylic oxidation sites excluding steroid dienone is 3. The van der Waals surface area contributed by atoms with Crippen LogP contribution in [0.4, 0.5) is 5.69 Å². The average Bonchev–Trinajstić information content (AvgIpc) is 3.03. The summed E-state index contributed by atoms with van der Waals surface area (Å²) in [5, 5.41) is 9.98. The number of aliphatic hydroxyl groups is 1. The Balaban J connectivity index is 2.18. The van der Waals surface area contributed by atoms with E-state index in [9.17, 15) is 9.90 Å². The second kappa shape index (κ2) is 6.83. The zero-order valence-corrected chi connectivity index (χ0v) is 15.2. The molecule has 3 rings (SSSR count). The number of H-pyrrole nitrogens is 1. The van der Waals surface area contributed by atoms with Gasteiger partial charge in [-0.25, -0.2) is 4.98 Å². The van der Waals surface area contributed by atoms with Crippen molar-refractivity contribution in [1.29, 1.82) is 0 Å². The lowest BCUT2D eigenvalue weighted by atomic mass is 10.1.